The maximum absolute atomic E-state index is 11.6. The molecule has 0 saturated heterocycles. The largest absolute Gasteiger partial charge is 0.459 e. The Labute approximate surface area is 107 Å². The van der Waals surface area contributed by atoms with Gasteiger partial charge in [0, 0.05) is 6.92 Å². The fourth-order valence-electron chi connectivity index (χ4n) is 4.41. The van der Waals surface area contributed by atoms with Crippen LogP contribution in [0.25, 0.3) is 0 Å². The molecule has 0 radical (unpaired) electrons. The number of hydrogen-bond donors (Lipinski definition) is 0. The molecule has 0 aromatic rings. The highest BCUT2D eigenvalue weighted by molar-refractivity contribution is 5.75. The molecule has 4 aliphatic rings. The Balaban J connectivity index is 1.57. The van der Waals surface area contributed by atoms with Crippen LogP contribution >= 0.6 is 0 Å². The molecule has 0 amide bonds. The van der Waals surface area contributed by atoms with Crippen molar-refractivity contribution in [2.45, 2.75) is 45.1 Å². The van der Waals surface area contributed by atoms with Crippen LogP contribution in [0.15, 0.2) is 0 Å². The van der Waals surface area contributed by atoms with E-state index in [1.54, 1.807) is 0 Å². The summed E-state index contributed by atoms with van der Waals surface area (Å²) in [6.45, 7) is 1.06. The van der Waals surface area contributed by atoms with Crippen LogP contribution < -0.4 is 0 Å². The monoisotopic (exact) mass is 252 g/mol. The molecular weight excluding hydrogens is 232 g/mol. The lowest BCUT2D eigenvalue weighted by Crippen LogP contribution is -2.50. The fourth-order valence-corrected chi connectivity index (χ4v) is 4.41. The molecule has 4 fully saturated rings. The summed E-state index contributed by atoms with van der Waals surface area (Å²) < 4.78 is 10.2. The quantitative estimate of drug-likeness (QED) is 0.720. The zero-order valence-corrected chi connectivity index (χ0v) is 10.8. The van der Waals surface area contributed by atoms with Crippen molar-refractivity contribution in [2.24, 2.45) is 23.7 Å². The van der Waals surface area contributed by atoms with Crippen LogP contribution in [0.4, 0.5) is 0 Å². The minimum absolute atomic E-state index is 0.0841. The van der Waals surface area contributed by atoms with Crippen LogP contribution in [-0.4, -0.2) is 24.6 Å². The van der Waals surface area contributed by atoms with Gasteiger partial charge >= 0.3 is 11.9 Å². The van der Waals surface area contributed by atoms with Gasteiger partial charge in [-0.1, -0.05) is 0 Å². The van der Waals surface area contributed by atoms with Crippen LogP contribution in [0.2, 0.25) is 0 Å². The van der Waals surface area contributed by atoms with Gasteiger partial charge in [0.1, 0.15) is 6.10 Å². The second kappa shape index (κ2) is 4.56. The molecule has 0 atom stereocenters. The maximum Gasteiger partial charge on any atom is 0.344 e. The van der Waals surface area contributed by atoms with Gasteiger partial charge in [-0.2, -0.15) is 0 Å². The molecule has 0 unspecified atom stereocenters. The van der Waals surface area contributed by atoms with Gasteiger partial charge in [0.15, 0.2) is 6.61 Å². The number of carbonyl (C=O) groups excluding carboxylic acids is 2. The lowest BCUT2D eigenvalue weighted by atomic mass is 9.55. The van der Waals surface area contributed by atoms with Crippen molar-refractivity contribution < 1.29 is 19.1 Å². The fraction of sp³-hybridized carbons (Fsp3) is 0.857. The maximum atomic E-state index is 11.6. The summed E-state index contributed by atoms with van der Waals surface area (Å²) in [7, 11) is 0. The number of rotatable bonds is 3. The zero-order valence-electron chi connectivity index (χ0n) is 10.8. The Hall–Kier alpha value is -1.06. The molecular formula is C14H20O4. The van der Waals surface area contributed by atoms with E-state index in [0.29, 0.717) is 11.8 Å². The van der Waals surface area contributed by atoms with Crippen LogP contribution in [-0.2, 0) is 19.1 Å². The summed E-state index contributed by atoms with van der Waals surface area (Å²) in [5.41, 5.74) is 0. The lowest BCUT2D eigenvalue weighted by Gasteiger charge is -2.53. The van der Waals surface area contributed by atoms with E-state index in [4.69, 9.17) is 4.74 Å². The Bertz CT molecular complexity index is 335. The van der Waals surface area contributed by atoms with Gasteiger partial charge in [-0.15, -0.1) is 0 Å². The summed E-state index contributed by atoms with van der Waals surface area (Å²) in [6, 6.07) is 0. The first-order chi connectivity index (χ1) is 8.61. The van der Waals surface area contributed by atoms with E-state index in [-0.39, 0.29) is 18.7 Å². The normalized spacial score (nSPS) is 40.6. The number of carbonyl (C=O) groups is 2. The molecule has 0 spiro atoms. The van der Waals surface area contributed by atoms with E-state index in [1.807, 2.05) is 0 Å². The molecule has 4 aliphatic carbocycles. The molecule has 0 heterocycles. The molecule has 0 N–H and O–H groups in total. The third-order valence-electron chi connectivity index (χ3n) is 4.80. The first-order valence-electron chi connectivity index (χ1n) is 6.94. The number of hydrogen-bond acceptors (Lipinski definition) is 4. The van der Waals surface area contributed by atoms with Gasteiger partial charge in [-0.25, -0.2) is 4.79 Å². The summed E-state index contributed by atoms with van der Waals surface area (Å²) in [5, 5.41) is 0. The molecule has 4 nitrogen and oxygen atoms in total. The second-order valence-corrected chi connectivity index (χ2v) is 6.17. The molecule has 4 heteroatoms. The standard InChI is InChI=1S/C14H20O4/c1-8(15)17-7-13(16)18-14-11-3-9-2-10(5-11)6-12(14)4-9/h9-12,14H,2-7H2,1H3. The molecule has 4 saturated carbocycles. The summed E-state index contributed by atoms with van der Waals surface area (Å²) in [5.74, 6) is 2.04. The molecule has 0 aromatic carbocycles. The summed E-state index contributed by atoms with van der Waals surface area (Å²) >= 11 is 0. The molecule has 0 aromatic heterocycles. The molecule has 100 valence electrons. The highest BCUT2D eigenvalue weighted by Gasteiger charge is 2.49. The van der Waals surface area contributed by atoms with Crippen LogP contribution in [0.1, 0.15) is 39.0 Å². The molecule has 4 rings (SSSR count). The molecule has 4 bridgehead atoms. The van der Waals surface area contributed by atoms with Gasteiger partial charge in [0.25, 0.3) is 0 Å². The minimum atomic E-state index is -0.433. The smallest absolute Gasteiger partial charge is 0.344 e. The van der Waals surface area contributed by atoms with Gasteiger partial charge in [0.05, 0.1) is 0 Å². The average molecular weight is 252 g/mol. The van der Waals surface area contributed by atoms with Gasteiger partial charge in [-0.3, -0.25) is 4.79 Å². The van der Waals surface area contributed by atoms with Crippen molar-refractivity contribution in [3.05, 3.63) is 0 Å². The van der Waals surface area contributed by atoms with Crippen LogP contribution in [0.3, 0.4) is 0 Å². The van der Waals surface area contributed by atoms with E-state index < -0.39 is 5.97 Å². The molecule has 0 aliphatic heterocycles. The van der Waals surface area contributed by atoms with Crippen molar-refractivity contribution in [3.8, 4) is 0 Å². The minimum Gasteiger partial charge on any atom is -0.459 e. The van der Waals surface area contributed by atoms with Crippen molar-refractivity contribution in [1.82, 2.24) is 0 Å². The summed E-state index contributed by atoms with van der Waals surface area (Å²) in [6.07, 6.45) is 6.36. The molecule has 18 heavy (non-hydrogen) atoms. The average Bonchev–Trinajstić information content (AvgIpc) is 2.30. The Morgan fingerprint density at radius 3 is 2.06 bits per heavy atom. The second-order valence-electron chi connectivity index (χ2n) is 6.17. The van der Waals surface area contributed by atoms with E-state index in [9.17, 15) is 9.59 Å². The van der Waals surface area contributed by atoms with E-state index in [2.05, 4.69) is 4.74 Å². The Morgan fingerprint density at radius 1 is 1.00 bits per heavy atom. The highest BCUT2D eigenvalue weighted by atomic mass is 16.6. The third kappa shape index (κ3) is 2.25. The van der Waals surface area contributed by atoms with Gasteiger partial charge in [-0.05, 0) is 55.8 Å². The van der Waals surface area contributed by atoms with E-state index >= 15 is 0 Å². The van der Waals surface area contributed by atoms with E-state index in [1.165, 1.54) is 39.0 Å². The van der Waals surface area contributed by atoms with Gasteiger partial charge in [0.2, 0.25) is 0 Å². The first-order valence-corrected chi connectivity index (χ1v) is 6.94. The zero-order chi connectivity index (χ0) is 12.7. The van der Waals surface area contributed by atoms with E-state index in [0.717, 1.165) is 11.8 Å². The lowest BCUT2D eigenvalue weighted by molar-refractivity contribution is -0.177. The SMILES string of the molecule is CC(=O)OCC(=O)OC1C2CC3CC(C2)CC1C3. The summed E-state index contributed by atoms with van der Waals surface area (Å²) in [4.78, 5) is 22.3. The Kier molecular flexibility index (Phi) is 3.04. The topological polar surface area (TPSA) is 52.6 Å². The predicted molar refractivity (Wildman–Crippen MR) is 63.6 cm³/mol. The number of ether oxygens (including phenoxy) is 2. The predicted octanol–water partition coefficient (Wildman–Crippen LogP) is 1.92. The highest BCUT2D eigenvalue weighted by Crippen LogP contribution is 2.54. The number of esters is 2. The third-order valence-corrected chi connectivity index (χ3v) is 4.80. The van der Waals surface area contributed by atoms with Crippen molar-refractivity contribution >= 4 is 11.9 Å². The van der Waals surface area contributed by atoms with Crippen molar-refractivity contribution in [1.29, 1.82) is 0 Å². The van der Waals surface area contributed by atoms with Crippen LogP contribution in [0, 0.1) is 23.7 Å². The first kappa shape index (κ1) is 12.0. The van der Waals surface area contributed by atoms with Gasteiger partial charge < -0.3 is 9.47 Å². The Morgan fingerprint density at radius 2 is 1.56 bits per heavy atom. The van der Waals surface area contributed by atoms with Crippen molar-refractivity contribution in [2.75, 3.05) is 6.61 Å². The van der Waals surface area contributed by atoms with Crippen LogP contribution in [0.5, 0.6) is 0 Å². The van der Waals surface area contributed by atoms with Crippen molar-refractivity contribution in [3.63, 3.8) is 0 Å².